The Labute approximate surface area is 86.7 Å². The number of aryl methyl sites for hydroxylation is 2. The van der Waals surface area contributed by atoms with Crippen LogP contribution in [0.2, 0.25) is 0 Å². The molecular formula is C10H12N2OS. The van der Waals surface area contributed by atoms with Crippen LogP contribution in [0.1, 0.15) is 21.7 Å². The van der Waals surface area contributed by atoms with Gasteiger partial charge in [-0.3, -0.25) is 0 Å². The molecule has 0 aliphatic carbocycles. The summed E-state index contributed by atoms with van der Waals surface area (Å²) in [5.41, 5.74) is 0. The average Bonchev–Trinajstić information content (AvgIpc) is 2.73. The Morgan fingerprint density at radius 1 is 1.50 bits per heavy atom. The number of aliphatic hydroxyl groups excluding tert-OH is 1. The zero-order valence-electron chi connectivity index (χ0n) is 8.14. The van der Waals surface area contributed by atoms with E-state index in [0.29, 0.717) is 5.82 Å². The minimum Gasteiger partial charge on any atom is -0.380 e. The largest absolute Gasteiger partial charge is 0.380 e. The van der Waals surface area contributed by atoms with Gasteiger partial charge in [0, 0.05) is 29.2 Å². The van der Waals surface area contributed by atoms with E-state index in [2.05, 4.69) is 4.98 Å². The second-order valence-corrected chi connectivity index (χ2v) is 4.57. The van der Waals surface area contributed by atoms with Crippen molar-refractivity contribution < 1.29 is 5.11 Å². The molecule has 0 fully saturated rings. The standard InChI is InChI=1S/C10H12N2OS/c1-7-3-4-8(14-7)9(13)10-11-5-6-12(10)2/h3-6,9,13H,1-2H3. The molecular weight excluding hydrogens is 196 g/mol. The molecule has 0 aromatic carbocycles. The van der Waals surface area contributed by atoms with Crippen molar-refractivity contribution in [3.63, 3.8) is 0 Å². The molecule has 2 aromatic rings. The maximum atomic E-state index is 10.0. The molecule has 74 valence electrons. The minimum atomic E-state index is -0.603. The summed E-state index contributed by atoms with van der Waals surface area (Å²) < 4.78 is 1.83. The van der Waals surface area contributed by atoms with Gasteiger partial charge in [0.15, 0.2) is 0 Å². The molecule has 1 N–H and O–H groups in total. The highest BCUT2D eigenvalue weighted by Crippen LogP contribution is 2.26. The van der Waals surface area contributed by atoms with Crippen LogP contribution in [0.3, 0.4) is 0 Å². The maximum absolute atomic E-state index is 10.0. The van der Waals surface area contributed by atoms with Crippen LogP contribution < -0.4 is 0 Å². The van der Waals surface area contributed by atoms with Crippen LogP contribution in [0.25, 0.3) is 0 Å². The van der Waals surface area contributed by atoms with Gasteiger partial charge in [0.25, 0.3) is 0 Å². The lowest BCUT2D eigenvalue weighted by atomic mass is 10.3. The number of rotatable bonds is 2. The van der Waals surface area contributed by atoms with Crippen LogP contribution in [0.15, 0.2) is 24.5 Å². The molecule has 2 heterocycles. The van der Waals surface area contributed by atoms with Crippen molar-refractivity contribution in [2.75, 3.05) is 0 Å². The van der Waals surface area contributed by atoms with E-state index >= 15 is 0 Å². The summed E-state index contributed by atoms with van der Waals surface area (Å²) in [6.07, 6.45) is 2.92. The third-order valence-electron chi connectivity index (χ3n) is 2.13. The second-order valence-electron chi connectivity index (χ2n) is 3.25. The van der Waals surface area contributed by atoms with Gasteiger partial charge in [-0.05, 0) is 19.1 Å². The van der Waals surface area contributed by atoms with E-state index in [1.165, 1.54) is 4.88 Å². The summed E-state index contributed by atoms with van der Waals surface area (Å²) >= 11 is 1.60. The van der Waals surface area contributed by atoms with Crippen LogP contribution in [-0.2, 0) is 7.05 Å². The molecule has 1 atom stereocenters. The molecule has 14 heavy (non-hydrogen) atoms. The molecule has 0 spiro atoms. The Balaban J connectivity index is 2.33. The number of hydrogen-bond acceptors (Lipinski definition) is 3. The number of nitrogens with zero attached hydrogens (tertiary/aromatic N) is 2. The zero-order chi connectivity index (χ0) is 10.1. The van der Waals surface area contributed by atoms with E-state index in [9.17, 15) is 5.11 Å². The number of aliphatic hydroxyl groups is 1. The predicted octanol–water partition coefficient (Wildman–Crippen LogP) is 1.87. The molecule has 0 aliphatic heterocycles. The molecule has 2 aromatic heterocycles. The highest BCUT2D eigenvalue weighted by molar-refractivity contribution is 7.12. The highest BCUT2D eigenvalue weighted by Gasteiger charge is 2.15. The van der Waals surface area contributed by atoms with Crippen molar-refractivity contribution in [2.24, 2.45) is 7.05 Å². The molecule has 4 heteroatoms. The number of hydrogen-bond donors (Lipinski definition) is 1. The first-order chi connectivity index (χ1) is 6.68. The third kappa shape index (κ3) is 1.58. The Bertz CT molecular complexity index is 433. The van der Waals surface area contributed by atoms with Crippen LogP contribution >= 0.6 is 11.3 Å². The molecule has 2 rings (SSSR count). The Morgan fingerprint density at radius 3 is 2.79 bits per heavy atom. The topological polar surface area (TPSA) is 38.1 Å². The second kappa shape index (κ2) is 3.55. The molecule has 0 amide bonds. The summed E-state index contributed by atoms with van der Waals surface area (Å²) in [5.74, 6) is 0.687. The van der Waals surface area contributed by atoms with E-state index in [1.807, 2.05) is 36.9 Å². The minimum absolute atomic E-state index is 0.603. The zero-order valence-corrected chi connectivity index (χ0v) is 8.95. The van der Waals surface area contributed by atoms with Crippen molar-refractivity contribution in [1.82, 2.24) is 9.55 Å². The number of imidazole rings is 1. The Morgan fingerprint density at radius 2 is 2.29 bits per heavy atom. The highest BCUT2D eigenvalue weighted by atomic mass is 32.1. The van der Waals surface area contributed by atoms with E-state index in [0.717, 1.165) is 4.88 Å². The fourth-order valence-corrected chi connectivity index (χ4v) is 2.23. The van der Waals surface area contributed by atoms with Crippen LogP contribution in [0.5, 0.6) is 0 Å². The summed E-state index contributed by atoms with van der Waals surface area (Å²) in [6.45, 7) is 2.03. The van der Waals surface area contributed by atoms with Crippen LogP contribution in [-0.4, -0.2) is 14.7 Å². The van der Waals surface area contributed by atoms with Gasteiger partial charge in [-0.15, -0.1) is 11.3 Å². The fraction of sp³-hybridized carbons (Fsp3) is 0.300. The quantitative estimate of drug-likeness (QED) is 0.818. The smallest absolute Gasteiger partial charge is 0.146 e. The predicted molar refractivity (Wildman–Crippen MR) is 56.3 cm³/mol. The van der Waals surface area contributed by atoms with Crippen molar-refractivity contribution in [3.8, 4) is 0 Å². The molecule has 0 radical (unpaired) electrons. The molecule has 1 unspecified atom stereocenters. The Hall–Kier alpha value is -1.13. The molecule has 0 aliphatic rings. The first kappa shape index (κ1) is 9.43. The van der Waals surface area contributed by atoms with Gasteiger partial charge in [-0.25, -0.2) is 4.98 Å². The van der Waals surface area contributed by atoms with Crippen molar-refractivity contribution in [3.05, 3.63) is 40.1 Å². The van der Waals surface area contributed by atoms with Gasteiger partial charge >= 0.3 is 0 Å². The maximum Gasteiger partial charge on any atom is 0.146 e. The normalized spacial score (nSPS) is 13.1. The van der Waals surface area contributed by atoms with Gasteiger partial charge < -0.3 is 9.67 Å². The monoisotopic (exact) mass is 208 g/mol. The van der Waals surface area contributed by atoms with Crippen molar-refractivity contribution >= 4 is 11.3 Å². The van der Waals surface area contributed by atoms with Crippen molar-refractivity contribution in [2.45, 2.75) is 13.0 Å². The van der Waals surface area contributed by atoms with Gasteiger partial charge in [0.1, 0.15) is 11.9 Å². The van der Waals surface area contributed by atoms with Crippen LogP contribution in [0, 0.1) is 6.92 Å². The first-order valence-corrected chi connectivity index (χ1v) is 5.22. The first-order valence-electron chi connectivity index (χ1n) is 4.40. The molecule has 0 bridgehead atoms. The molecule has 3 nitrogen and oxygen atoms in total. The fourth-order valence-electron chi connectivity index (χ4n) is 1.37. The molecule has 0 saturated heterocycles. The van der Waals surface area contributed by atoms with E-state index in [-0.39, 0.29) is 0 Å². The van der Waals surface area contributed by atoms with E-state index in [1.54, 1.807) is 17.5 Å². The Kier molecular flexibility index (Phi) is 2.39. The van der Waals surface area contributed by atoms with Gasteiger partial charge in [0.05, 0.1) is 0 Å². The lowest BCUT2D eigenvalue weighted by Gasteiger charge is -2.07. The molecule has 0 saturated carbocycles. The summed E-state index contributed by atoms with van der Waals surface area (Å²) in [6, 6.07) is 3.95. The average molecular weight is 208 g/mol. The lowest BCUT2D eigenvalue weighted by Crippen LogP contribution is -2.05. The third-order valence-corrected chi connectivity index (χ3v) is 3.19. The van der Waals surface area contributed by atoms with E-state index < -0.39 is 6.10 Å². The number of thiophene rings is 1. The lowest BCUT2D eigenvalue weighted by molar-refractivity contribution is 0.210. The van der Waals surface area contributed by atoms with Gasteiger partial charge in [-0.1, -0.05) is 0 Å². The van der Waals surface area contributed by atoms with E-state index in [4.69, 9.17) is 0 Å². The van der Waals surface area contributed by atoms with Crippen LogP contribution in [0.4, 0.5) is 0 Å². The van der Waals surface area contributed by atoms with Gasteiger partial charge in [-0.2, -0.15) is 0 Å². The van der Waals surface area contributed by atoms with Crippen molar-refractivity contribution in [1.29, 1.82) is 0 Å². The number of aromatic nitrogens is 2. The summed E-state index contributed by atoms with van der Waals surface area (Å²) in [5, 5.41) is 10.0. The summed E-state index contributed by atoms with van der Waals surface area (Å²) in [7, 11) is 1.88. The summed E-state index contributed by atoms with van der Waals surface area (Å²) in [4.78, 5) is 6.26. The SMILES string of the molecule is Cc1ccc(C(O)c2nccn2C)s1. The van der Waals surface area contributed by atoms with Gasteiger partial charge in [0.2, 0.25) is 0 Å².